The van der Waals surface area contributed by atoms with Gasteiger partial charge in [0.05, 0.1) is 5.71 Å². The normalized spacial score (nSPS) is 12.5. The minimum absolute atomic E-state index is 0.698. The maximum atomic E-state index is 8.56. The number of rotatable bonds is 5. The molecule has 0 aliphatic rings. The number of nitrogens with zero attached hydrogens (tertiary/aromatic N) is 1. The largest absolute Gasteiger partial charge is 0.411 e. The molecular formula is C9H19NO. The van der Waals surface area contributed by atoms with Crippen molar-refractivity contribution < 1.29 is 5.21 Å². The van der Waals surface area contributed by atoms with Crippen LogP contribution >= 0.6 is 0 Å². The van der Waals surface area contributed by atoms with Gasteiger partial charge < -0.3 is 5.21 Å². The molecule has 0 spiro atoms. The van der Waals surface area contributed by atoms with Gasteiger partial charge in [0.1, 0.15) is 0 Å². The van der Waals surface area contributed by atoms with Crippen molar-refractivity contribution in [3.8, 4) is 0 Å². The van der Waals surface area contributed by atoms with Gasteiger partial charge in [0.25, 0.3) is 0 Å². The van der Waals surface area contributed by atoms with E-state index in [4.69, 9.17) is 5.21 Å². The molecule has 2 heteroatoms. The molecule has 0 bridgehead atoms. The van der Waals surface area contributed by atoms with Gasteiger partial charge in [-0.25, -0.2) is 0 Å². The van der Waals surface area contributed by atoms with Crippen molar-refractivity contribution in [2.24, 2.45) is 11.1 Å². The third-order valence-electron chi connectivity index (χ3n) is 1.69. The van der Waals surface area contributed by atoms with Crippen LogP contribution in [0.4, 0.5) is 0 Å². The summed E-state index contributed by atoms with van der Waals surface area (Å²) in [6.45, 7) is 6.46. The van der Waals surface area contributed by atoms with Crippen LogP contribution in [0.25, 0.3) is 0 Å². The topological polar surface area (TPSA) is 32.6 Å². The second-order valence-corrected chi connectivity index (χ2v) is 3.35. The first kappa shape index (κ1) is 10.5. The Hall–Kier alpha value is -0.530. The van der Waals surface area contributed by atoms with Gasteiger partial charge in [0, 0.05) is 0 Å². The Labute approximate surface area is 69.3 Å². The Morgan fingerprint density at radius 2 is 2.00 bits per heavy atom. The van der Waals surface area contributed by atoms with Gasteiger partial charge in [-0.15, -0.1) is 0 Å². The van der Waals surface area contributed by atoms with E-state index in [0.29, 0.717) is 5.92 Å². The van der Waals surface area contributed by atoms with E-state index >= 15 is 0 Å². The minimum Gasteiger partial charge on any atom is -0.411 e. The average Bonchev–Trinajstić information content (AvgIpc) is 1.97. The minimum atomic E-state index is 0.698. The SMILES string of the molecule is CCC/C(CCC(C)C)=N\O. The predicted octanol–water partition coefficient (Wildman–Crippen LogP) is 3.05. The highest BCUT2D eigenvalue weighted by Crippen LogP contribution is 2.07. The summed E-state index contributed by atoms with van der Waals surface area (Å²) >= 11 is 0. The molecule has 0 amide bonds. The molecule has 0 radical (unpaired) electrons. The Balaban J connectivity index is 3.53. The lowest BCUT2D eigenvalue weighted by atomic mass is 10.0. The van der Waals surface area contributed by atoms with E-state index in [1.54, 1.807) is 0 Å². The average molecular weight is 157 g/mol. The molecule has 11 heavy (non-hydrogen) atoms. The molecule has 0 heterocycles. The molecule has 0 atom stereocenters. The molecule has 2 nitrogen and oxygen atoms in total. The van der Waals surface area contributed by atoms with Crippen molar-refractivity contribution >= 4 is 5.71 Å². The van der Waals surface area contributed by atoms with Crippen LogP contribution < -0.4 is 0 Å². The van der Waals surface area contributed by atoms with Gasteiger partial charge in [0.15, 0.2) is 0 Å². The van der Waals surface area contributed by atoms with Crippen molar-refractivity contribution in [3.63, 3.8) is 0 Å². The first-order valence-corrected chi connectivity index (χ1v) is 4.40. The Morgan fingerprint density at radius 1 is 1.36 bits per heavy atom. The predicted molar refractivity (Wildman–Crippen MR) is 48.2 cm³/mol. The molecule has 0 aromatic heterocycles. The van der Waals surface area contributed by atoms with Crippen LogP contribution in [0.1, 0.15) is 46.5 Å². The lowest BCUT2D eigenvalue weighted by Crippen LogP contribution is -2.00. The third-order valence-corrected chi connectivity index (χ3v) is 1.69. The van der Waals surface area contributed by atoms with Crippen LogP contribution in [0.2, 0.25) is 0 Å². The number of oxime groups is 1. The van der Waals surface area contributed by atoms with E-state index in [-0.39, 0.29) is 0 Å². The molecular weight excluding hydrogens is 138 g/mol. The zero-order chi connectivity index (χ0) is 8.69. The molecule has 66 valence electrons. The summed E-state index contributed by atoms with van der Waals surface area (Å²) in [5, 5.41) is 11.8. The fourth-order valence-electron chi connectivity index (χ4n) is 0.969. The standard InChI is InChI=1S/C9H19NO/c1-4-5-9(10-11)7-6-8(2)3/h8,11H,4-7H2,1-3H3/b10-9+. The fraction of sp³-hybridized carbons (Fsp3) is 0.889. The third kappa shape index (κ3) is 5.89. The quantitative estimate of drug-likeness (QED) is 0.371. The van der Waals surface area contributed by atoms with Gasteiger partial charge in [0.2, 0.25) is 0 Å². The Kier molecular flexibility index (Phi) is 5.90. The number of hydrogen-bond acceptors (Lipinski definition) is 2. The maximum Gasteiger partial charge on any atom is 0.0570 e. The van der Waals surface area contributed by atoms with Crippen LogP contribution in [-0.2, 0) is 0 Å². The number of hydrogen-bond donors (Lipinski definition) is 1. The van der Waals surface area contributed by atoms with Crippen LogP contribution in [0.3, 0.4) is 0 Å². The van der Waals surface area contributed by atoms with E-state index in [1.807, 2.05) is 0 Å². The van der Waals surface area contributed by atoms with E-state index < -0.39 is 0 Å². The highest BCUT2D eigenvalue weighted by Gasteiger charge is 2.00. The molecule has 0 unspecified atom stereocenters. The van der Waals surface area contributed by atoms with Crippen LogP contribution in [0.15, 0.2) is 5.16 Å². The summed E-state index contributed by atoms with van der Waals surface area (Å²) in [5.41, 5.74) is 0.946. The first-order chi connectivity index (χ1) is 5.20. The molecule has 0 aliphatic heterocycles. The Morgan fingerprint density at radius 3 is 2.36 bits per heavy atom. The lowest BCUT2D eigenvalue weighted by molar-refractivity contribution is 0.315. The van der Waals surface area contributed by atoms with Gasteiger partial charge in [-0.3, -0.25) is 0 Å². The molecule has 0 aliphatic carbocycles. The molecule has 0 aromatic carbocycles. The highest BCUT2D eigenvalue weighted by atomic mass is 16.4. The summed E-state index contributed by atoms with van der Waals surface area (Å²) in [4.78, 5) is 0. The Bertz CT molecular complexity index is 119. The molecule has 0 saturated heterocycles. The summed E-state index contributed by atoms with van der Waals surface area (Å²) < 4.78 is 0. The summed E-state index contributed by atoms with van der Waals surface area (Å²) in [6, 6.07) is 0. The summed E-state index contributed by atoms with van der Waals surface area (Å²) in [6.07, 6.45) is 4.07. The van der Waals surface area contributed by atoms with E-state index in [2.05, 4.69) is 25.9 Å². The summed E-state index contributed by atoms with van der Waals surface area (Å²) in [5.74, 6) is 0.698. The molecule has 0 fully saturated rings. The van der Waals surface area contributed by atoms with Crippen LogP contribution in [0, 0.1) is 5.92 Å². The molecule has 1 N–H and O–H groups in total. The monoisotopic (exact) mass is 157 g/mol. The van der Waals surface area contributed by atoms with Crippen molar-refractivity contribution in [1.82, 2.24) is 0 Å². The zero-order valence-electron chi connectivity index (χ0n) is 7.80. The lowest BCUT2D eigenvalue weighted by Gasteiger charge is -2.04. The van der Waals surface area contributed by atoms with Crippen molar-refractivity contribution in [3.05, 3.63) is 0 Å². The second kappa shape index (κ2) is 6.20. The summed E-state index contributed by atoms with van der Waals surface area (Å²) in [7, 11) is 0. The van der Waals surface area contributed by atoms with Gasteiger partial charge in [-0.2, -0.15) is 0 Å². The van der Waals surface area contributed by atoms with Gasteiger partial charge >= 0.3 is 0 Å². The van der Waals surface area contributed by atoms with E-state index in [1.165, 1.54) is 0 Å². The van der Waals surface area contributed by atoms with Crippen LogP contribution in [0.5, 0.6) is 0 Å². The molecule has 0 saturated carbocycles. The first-order valence-electron chi connectivity index (χ1n) is 4.40. The zero-order valence-corrected chi connectivity index (χ0v) is 7.80. The van der Waals surface area contributed by atoms with Gasteiger partial charge in [-0.05, 0) is 25.2 Å². The van der Waals surface area contributed by atoms with Gasteiger partial charge in [-0.1, -0.05) is 32.3 Å². The van der Waals surface area contributed by atoms with E-state index in [9.17, 15) is 0 Å². The fourth-order valence-corrected chi connectivity index (χ4v) is 0.969. The van der Waals surface area contributed by atoms with Crippen molar-refractivity contribution in [2.45, 2.75) is 46.5 Å². The van der Waals surface area contributed by atoms with Crippen molar-refractivity contribution in [1.29, 1.82) is 0 Å². The highest BCUT2D eigenvalue weighted by molar-refractivity contribution is 5.83. The second-order valence-electron chi connectivity index (χ2n) is 3.35. The van der Waals surface area contributed by atoms with Crippen LogP contribution in [-0.4, -0.2) is 10.9 Å². The van der Waals surface area contributed by atoms with E-state index in [0.717, 1.165) is 31.4 Å². The molecule has 0 aromatic rings. The molecule has 0 rings (SSSR count). The maximum absolute atomic E-state index is 8.56. The van der Waals surface area contributed by atoms with Crippen molar-refractivity contribution in [2.75, 3.05) is 0 Å². The smallest absolute Gasteiger partial charge is 0.0570 e.